The Kier molecular flexibility index (Phi) is 1.72. The third-order valence-corrected chi connectivity index (χ3v) is 1.80. The number of hydrogen-bond acceptors (Lipinski definition) is 2. The van der Waals surface area contributed by atoms with Crippen LogP contribution >= 0.6 is 0 Å². The Bertz CT molecular complexity index is 478. The first-order valence-corrected chi connectivity index (χ1v) is 3.70. The topological polar surface area (TPSA) is 34.4 Å². The lowest BCUT2D eigenvalue weighted by Gasteiger charge is -1.96. The number of imidazole rings is 1. The highest BCUT2D eigenvalue weighted by Crippen LogP contribution is 2.06. The van der Waals surface area contributed by atoms with E-state index in [9.17, 15) is 4.79 Å². The van der Waals surface area contributed by atoms with Gasteiger partial charge in [-0.15, -0.1) is 0 Å². The van der Waals surface area contributed by atoms with Crippen LogP contribution in [0.1, 0.15) is 10.5 Å². The molecule has 0 amide bonds. The van der Waals surface area contributed by atoms with Crippen LogP contribution < -0.4 is 5.46 Å². The minimum absolute atomic E-state index is 0.243. The molecule has 0 saturated carbocycles. The second-order valence-electron chi connectivity index (χ2n) is 2.71. The van der Waals surface area contributed by atoms with Crippen molar-refractivity contribution in [1.29, 1.82) is 0 Å². The molecule has 0 saturated heterocycles. The molecule has 3 nitrogen and oxygen atoms in total. The monoisotopic (exact) mass is 166 g/mol. The zero-order valence-corrected chi connectivity index (χ0v) is 6.77. The predicted octanol–water partition coefficient (Wildman–Crippen LogP) is -0.563. The number of hydrogen-bond donors (Lipinski definition) is 0. The molecular formula is C8H4B2N2O. The van der Waals surface area contributed by atoms with E-state index < -0.39 is 5.68 Å². The molecule has 0 N–H and O–H groups in total. The standard InChI is InChI=1S/C8H4B2N2O/c9-5-1-2-12-4-11-7(8(10)13)6(12)3-5/h1-4H. The summed E-state index contributed by atoms with van der Waals surface area (Å²) in [4.78, 5) is 14.8. The van der Waals surface area contributed by atoms with Crippen LogP contribution in [0.25, 0.3) is 5.52 Å². The SMILES string of the molecule is [B]C(=O)c1ncn2ccc([B])cc12. The van der Waals surface area contributed by atoms with Crippen molar-refractivity contribution in [3.8, 4) is 0 Å². The number of nitrogens with zero attached hydrogens (tertiary/aromatic N) is 2. The van der Waals surface area contributed by atoms with E-state index in [4.69, 9.17) is 15.7 Å². The van der Waals surface area contributed by atoms with E-state index in [-0.39, 0.29) is 5.69 Å². The van der Waals surface area contributed by atoms with E-state index in [0.717, 1.165) is 0 Å². The number of rotatable bonds is 1. The normalized spacial score (nSPS) is 10.5. The fourth-order valence-corrected chi connectivity index (χ4v) is 1.19. The maximum Gasteiger partial charge on any atom is 0.177 e. The van der Waals surface area contributed by atoms with Crippen LogP contribution in [0.3, 0.4) is 0 Å². The molecule has 13 heavy (non-hydrogen) atoms. The molecule has 0 aliphatic heterocycles. The van der Waals surface area contributed by atoms with Crippen molar-refractivity contribution in [2.24, 2.45) is 0 Å². The number of pyridine rings is 1. The maximum absolute atomic E-state index is 10.9. The lowest BCUT2D eigenvalue weighted by molar-refractivity contribution is 0.107. The van der Waals surface area contributed by atoms with Crippen molar-refractivity contribution in [2.75, 3.05) is 0 Å². The van der Waals surface area contributed by atoms with Gasteiger partial charge in [0, 0.05) is 6.20 Å². The van der Waals surface area contributed by atoms with Crippen LogP contribution in [-0.2, 0) is 0 Å². The van der Waals surface area contributed by atoms with Gasteiger partial charge < -0.3 is 9.20 Å². The summed E-state index contributed by atoms with van der Waals surface area (Å²) in [6, 6.07) is 3.38. The van der Waals surface area contributed by atoms with Gasteiger partial charge in [0.15, 0.2) is 7.85 Å². The largest absolute Gasteiger partial charge is 0.306 e. The molecule has 0 aromatic carbocycles. The molecule has 58 valence electrons. The fraction of sp³-hybridized carbons (Fsp3) is 0. The predicted molar refractivity (Wildman–Crippen MR) is 50.7 cm³/mol. The summed E-state index contributed by atoms with van der Waals surface area (Å²) in [5.41, 5.74) is 0.906. The molecule has 0 bridgehead atoms. The zero-order valence-electron chi connectivity index (χ0n) is 6.77. The molecule has 0 unspecified atom stereocenters. The van der Waals surface area contributed by atoms with Crippen LogP contribution in [0, 0.1) is 0 Å². The van der Waals surface area contributed by atoms with E-state index in [1.807, 2.05) is 0 Å². The minimum Gasteiger partial charge on any atom is -0.306 e. The summed E-state index contributed by atoms with van der Waals surface area (Å²) in [5.74, 6) is 0. The maximum atomic E-state index is 10.9. The molecule has 5 heteroatoms. The molecule has 2 aromatic rings. The van der Waals surface area contributed by atoms with Crippen LogP contribution in [0.15, 0.2) is 24.7 Å². The van der Waals surface area contributed by atoms with Crippen LogP contribution in [0.4, 0.5) is 0 Å². The molecule has 0 atom stereocenters. The van der Waals surface area contributed by atoms with Gasteiger partial charge in [-0.1, -0.05) is 11.5 Å². The highest BCUT2D eigenvalue weighted by Gasteiger charge is 2.07. The van der Waals surface area contributed by atoms with E-state index in [1.54, 1.807) is 22.7 Å². The fourth-order valence-electron chi connectivity index (χ4n) is 1.19. The molecule has 0 aliphatic carbocycles. The first kappa shape index (κ1) is 8.10. The summed E-state index contributed by atoms with van der Waals surface area (Å²) in [6.45, 7) is 0. The highest BCUT2D eigenvalue weighted by atomic mass is 16.1. The Morgan fingerprint density at radius 3 is 3.00 bits per heavy atom. The van der Waals surface area contributed by atoms with Gasteiger partial charge in [0.05, 0.1) is 5.52 Å². The molecule has 2 aromatic heterocycles. The van der Waals surface area contributed by atoms with Gasteiger partial charge in [0.2, 0.25) is 0 Å². The molecule has 4 radical (unpaired) electrons. The van der Waals surface area contributed by atoms with Crippen LogP contribution in [-0.4, -0.2) is 30.8 Å². The van der Waals surface area contributed by atoms with Gasteiger partial charge in [-0.3, -0.25) is 0 Å². The summed E-state index contributed by atoms with van der Waals surface area (Å²) >= 11 is 0. The van der Waals surface area contributed by atoms with Gasteiger partial charge in [0.25, 0.3) is 0 Å². The van der Waals surface area contributed by atoms with Crippen molar-refractivity contribution >= 4 is 32.4 Å². The second kappa shape index (κ2) is 2.76. The van der Waals surface area contributed by atoms with E-state index in [2.05, 4.69) is 4.98 Å². The Balaban J connectivity index is 2.79. The smallest absolute Gasteiger partial charge is 0.177 e. The van der Waals surface area contributed by atoms with E-state index in [0.29, 0.717) is 11.0 Å². The van der Waals surface area contributed by atoms with Crippen molar-refractivity contribution in [1.82, 2.24) is 9.38 Å². The summed E-state index contributed by atoms with van der Waals surface area (Å²) in [5, 5.41) is 0. The summed E-state index contributed by atoms with van der Waals surface area (Å²) in [7, 11) is 10.7. The molecule has 2 rings (SSSR count). The van der Waals surface area contributed by atoms with Gasteiger partial charge in [0.1, 0.15) is 25.6 Å². The van der Waals surface area contributed by atoms with E-state index >= 15 is 0 Å². The summed E-state index contributed by atoms with van der Waals surface area (Å²) < 4.78 is 1.69. The first-order chi connectivity index (χ1) is 6.18. The second-order valence-corrected chi connectivity index (χ2v) is 2.71. The zero-order chi connectivity index (χ0) is 9.42. The molecule has 0 aliphatic rings. The Labute approximate surface area is 77.6 Å². The Hall–Kier alpha value is -1.51. The summed E-state index contributed by atoms with van der Waals surface area (Å²) in [6.07, 6.45) is 3.25. The molecular weight excluding hydrogens is 162 g/mol. The lowest BCUT2D eigenvalue weighted by Crippen LogP contribution is -2.05. The lowest BCUT2D eigenvalue weighted by atomic mass is 9.94. The Morgan fingerprint density at radius 1 is 1.54 bits per heavy atom. The third kappa shape index (κ3) is 1.26. The molecule has 2 heterocycles. The Morgan fingerprint density at radius 2 is 2.31 bits per heavy atom. The quantitative estimate of drug-likeness (QED) is 0.531. The molecule has 0 fully saturated rings. The van der Waals surface area contributed by atoms with Gasteiger partial charge in [-0.25, -0.2) is 4.98 Å². The number of carbonyl (C=O) groups excluding carboxylic acids is 1. The highest BCUT2D eigenvalue weighted by molar-refractivity contribution is 6.62. The molecule has 0 spiro atoms. The van der Waals surface area contributed by atoms with Crippen molar-refractivity contribution in [2.45, 2.75) is 0 Å². The average molecular weight is 166 g/mol. The van der Waals surface area contributed by atoms with E-state index in [1.165, 1.54) is 6.33 Å². The third-order valence-electron chi connectivity index (χ3n) is 1.80. The number of fused-ring (bicyclic) bond motifs is 1. The first-order valence-electron chi connectivity index (χ1n) is 3.70. The minimum atomic E-state index is -0.548. The van der Waals surface area contributed by atoms with Crippen molar-refractivity contribution in [3.05, 3.63) is 30.4 Å². The van der Waals surface area contributed by atoms with Crippen LogP contribution in [0.5, 0.6) is 0 Å². The van der Waals surface area contributed by atoms with Crippen molar-refractivity contribution in [3.63, 3.8) is 0 Å². The van der Waals surface area contributed by atoms with Crippen LogP contribution in [0.2, 0.25) is 0 Å². The number of aromatic nitrogens is 2. The van der Waals surface area contributed by atoms with Crippen molar-refractivity contribution < 1.29 is 4.79 Å². The average Bonchev–Trinajstić information content (AvgIpc) is 2.46. The number of carbonyl (C=O) groups is 1. The van der Waals surface area contributed by atoms with Gasteiger partial charge >= 0.3 is 0 Å². The van der Waals surface area contributed by atoms with Gasteiger partial charge in [-0.05, 0) is 6.07 Å². The van der Waals surface area contributed by atoms with Gasteiger partial charge in [-0.2, -0.15) is 0 Å².